The fraction of sp³-hybridized carbons (Fsp3) is 0.562. The molecule has 21 heavy (non-hydrogen) atoms. The first-order valence-electron chi connectivity index (χ1n) is 7.38. The van der Waals surface area contributed by atoms with Crippen LogP contribution in [0.5, 0.6) is 0 Å². The first-order valence-corrected chi connectivity index (χ1v) is 7.76. The Morgan fingerprint density at radius 2 is 2.33 bits per heavy atom. The molecule has 0 aliphatic carbocycles. The van der Waals surface area contributed by atoms with Crippen molar-refractivity contribution in [3.05, 3.63) is 34.6 Å². The van der Waals surface area contributed by atoms with Crippen molar-refractivity contribution in [2.75, 3.05) is 13.1 Å². The van der Waals surface area contributed by atoms with Gasteiger partial charge in [-0.15, -0.1) is 0 Å². The van der Waals surface area contributed by atoms with Gasteiger partial charge >= 0.3 is 5.97 Å². The normalized spacial score (nSPS) is 21.2. The molecule has 2 atom stereocenters. The average Bonchev–Trinajstić information content (AvgIpc) is 2.47. The fourth-order valence-electron chi connectivity index (χ4n) is 3.00. The third-order valence-electron chi connectivity index (χ3n) is 4.29. The van der Waals surface area contributed by atoms with Gasteiger partial charge in [0.15, 0.2) is 0 Å². The zero-order chi connectivity index (χ0) is 15.4. The maximum Gasteiger partial charge on any atom is 0.303 e. The molecule has 3 nitrogen and oxygen atoms in total. The monoisotopic (exact) mass is 313 g/mol. The van der Waals surface area contributed by atoms with Crippen molar-refractivity contribution in [2.45, 2.75) is 38.6 Å². The Labute approximate surface area is 129 Å². The minimum absolute atomic E-state index is 0.152. The van der Waals surface area contributed by atoms with E-state index in [9.17, 15) is 9.18 Å². The van der Waals surface area contributed by atoms with Crippen LogP contribution in [0.4, 0.5) is 4.39 Å². The molecule has 0 amide bonds. The quantitative estimate of drug-likeness (QED) is 0.889. The Balaban J connectivity index is 1.99. The van der Waals surface area contributed by atoms with Crippen molar-refractivity contribution >= 4 is 17.6 Å². The SMILES string of the molecule is CC(c1ccc(F)c(Cl)c1)N1CCCC(CCC(=O)O)C1. The number of piperidine rings is 1. The third-order valence-corrected chi connectivity index (χ3v) is 4.58. The minimum Gasteiger partial charge on any atom is -0.481 e. The summed E-state index contributed by atoms with van der Waals surface area (Å²) < 4.78 is 13.2. The van der Waals surface area contributed by atoms with E-state index in [0.717, 1.165) is 37.9 Å². The van der Waals surface area contributed by atoms with Crippen LogP contribution in [0.15, 0.2) is 18.2 Å². The Morgan fingerprint density at radius 3 is 3.00 bits per heavy atom. The number of hydrogen-bond donors (Lipinski definition) is 1. The summed E-state index contributed by atoms with van der Waals surface area (Å²) in [5.41, 5.74) is 1.00. The number of carboxylic acids is 1. The van der Waals surface area contributed by atoms with Crippen molar-refractivity contribution in [3.63, 3.8) is 0 Å². The van der Waals surface area contributed by atoms with Crippen LogP contribution < -0.4 is 0 Å². The van der Waals surface area contributed by atoms with Crippen LogP contribution in [-0.4, -0.2) is 29.1 Å². The minimum atomic E-state index is -0.731. The van der Waals surface area contributed by atoms with Gasteiger partial charge in [0, 0.05) is 19.0 Å². The van der Waals surface area contributed by atoms with Gasteiger partial charge in [-0.1, -0.05) is 17.7 Å². The topological polar surface area (TPSA) is 40.5 Å². The smallest absolute Gasteiger partial charge is 0.303 e. The van der Waals surface area contributed by atoms with E-state index in [-0.39, 0.29) is 17.5 Å². The number of nitrogens with zero attached hydrogens (tertiary/aromatic N) is 1. The average molecular weight is 314 g/mol. The highest BCUT2D eigenvalue weighted by Gasteiger charge is 2.25. The van der Waals surface area contributed by atoms with Crippen LogP contribution in [-0.2, 0) is 4.79 Å². The van der Waals surface area contributed by atoms with Crippen molar-refractivity contribution in [2.24, 2.45) is 5.92 Å². The number of likely N-dealkylation sites (tertiary alicyclic amines) is 1. The van der Waals surface area contributed by atoms with E-state index in [2.05, 4.69) is 11.8 Å². The molecular formula is C16H21ClFNO2. The molecule has 0 spiro atoms. The molecule has 1 aromatic carbocycles. The van der Waals surface area contributed by atoms with E-state index in [1.165, 1.54) is 6.07 Å². The van der Waals surface area contributed by atoms with E-state index < -0.39 is 11.8 Å². The van der Waals surface area contributed by atoms with Crippen LogP contribution in [0.1, 0.15) is 44.2 Å². The van der Waals surface area contributed by atoms with E-state index in [0.29, 0.717) is 5.92 Å². The molecule has 1 fully saturated rings. The summed E-state index contributed by atoms with van der Waals surface area (Å²) in [6.07, 6.45) is 3.11. The number of halogens is 2. The Bertz CT molecular complexity index is 509. The second kappa shape index (κ2) is 7.23. The summed E-state index contributed by atoms with van der Waals surface area (Å²) in [7, 11) is 0. The Hall–Kier alpha value is -1.13. The van der Waals surface area contributed by atoms with E-state index in [4.69, 9.17) is 16.7 Å². The Kier molecular flexibility index (Phi) is 5.59. The maximum atomic E-state index is 13.2. The van der Waals surface area contributed by atoms with Crippen molar-refractivity contribution in [3.8, 4) is 0 Å². The molecule has 1 aliphatic rings. The molecule has 2 unspecified atom stereocenters. The lowest BCUT2D eigenvalue weighted by atomic mass is 9.91. The number of carbonyl (C=O) groups is 1. The highest BCUT2D eigenvalue weighted by atomic mass is 35.5. The highest BCUT2D eigenvalue weighted by Crippen LogP contribution is 2.30. The molecule has 116 valence electrons. The summed E-state index contributed by atoms with van der Waals surface area (Å²) in [6, 6.07) is 5.02. The van der Waals surface area contributed by atoms with Gasteiger partial charge < -0.3 is 5.11 Å². The van der Waals surface area contributed by atoms with Crippen molar-refractivity contribution in [1.82, 2.24) is 4.90 Å². The van der Waals surface area contributed by atoms with Gasteiger partial charge in [0.1, 0.15) is 5.82 Å². The number of aliphatic carboxylic acids is 1. The lowest BCUT2D eigenvalue weighted by Crippen LogP contribution is -2.37. The molecule has 0 aromatic heterocycles. The fourth-order valence-corrected chi connectivity index (χ4v) is 3.18. The van der Waals surface area contributed by atoms with Crippen LogP contribution in [0.3, 0.4) is 0 Å². The van der Waals surface area contributed by atoms with E-state index in [1.807, 2.05) is 0 Å². The van der Waals surface area contributed by atoms with Gasteiger partial charge in [-0.3, -0.25) is 9.69 Å². The van der Waals surface area contributed by atoms with Crippen LogP contribution in [0.25, 0.3) is 0 Å². The predicted molar refractivity (Wildman–Crippen MR) is 81.0 cm³/mol. The molecule has 1 heterocycles. The van der Waals surface area contributed by atoms with Crippen molar-refractivity contribution < 1.29 is 14.3 Å². The Morgan fingerprint density at radius 1 is 1.57 bits per heavy atom. The molecule has 0 bridgehead atoms. The molecule has 1 saturated heterocycles. The summed E-state index contributed by atoms with van der Waals surface area (Å²) in [4.78, 5) is 13.0. The van der Waals surface area contributed by atoms with Gasteiger partial charge in [0.05, 0.1) is 5.02 Å². The highest BCUT2D eigenvalue weighted by molar-refractivity contribution is 6.30. The molecule has 1 aromatic rings. The molecule has 5 heteroatoms. The third kappa shape index (κ3) is 4.42. The summed E-state index contributed by atoms with van der Waals surface area (Å²) in [5.74, 6) is -0.704. The van der Waals surface area contributed by atoms with E-state index in [1.54, 1.807) is 12.1 Å². The number of rotatable bonds is 5. The second-order valence-electron chi connectivity index (χ2n) is 5.79. The lowest BCUT2D eigenvalue weighted by Gasteiger charge is -2.37. The number of carboxylic acid groups (broad SMARTS) is 1. The summed E-state index contributed by atoms with van der Waals surface area (Å²) in [6.45, 7) is 3.96. The van der Waals surface area contributed by atoms with Crippen LogP contribution in [0.2, 0.25) is 5.02 Å². The summed E-state index contributed by atoms with van der Waals surface area (Å²) >= 11 is 5.85. The molecule has 2 rings (SSSR count). The molecule has 0 saturated carbocycles. The maximum absolute atomic E-state index is 13.2. The van der Waals surface area contributed by atoms with Gasteiger partial charge in [0.2, 0.25) is 0 Å². The van der Waals surface area contributed by atoms with Gasteiger partial charge in [-0.25, -0.2) is 4.39 Å². The molecule has 1 aliphatic heterocycles. The zero-order valence-corrected chi connectivity index (χ0v) is 12.9. The van der Waals surface area contributed by atoms with Gasteiger partial charge in [-0.2, -0.15) is 0 Å². The zero-order valence-electron chi connectivity index (χ0n) is 12.2. The summed E-state index contributed by atoms with van der Waals surface area (Å²) in [5, 5.41) is 8.94. The standard InChI is InChI=1S/C16H21ClFNO2/c1-11(13-5-6-15(18)14(17)9-13)19-8-2-3-12(10-19)4-7-16(20)21/h5-6,9,11-12H,2-4,7-8,10H2,1H3,(H,20,21). The molecule has 1 N–H and O–H groups in total. The molecular weight excluding hydrogens is 293 g/mol. The number of benzene rings is 1. The second-order valence-corrected chi connectivity index (χ2v) is 6.19. The predicted octanol–water partition coefficient (Wildman–Crippen LogP) is 4.12. The lowest BCUT2D eigenvalue weighted by molar-refractivity contribution is -0.137. The largest absolute Gasteiger partial charge is 0.481 e. The van der Waals surface area contributed by atoms with Crippen LogP contribution >= 0.6 is 11.6 Å². The van der Waals surface area contributed by atoms with E-state index >= 15 is 0 Å². The first-order chi connectivity index (χ1) is 9.97. The van der Waals surface area contributed by atoms with Gasteiger partial charge in [-0.05, 0) is 56.3 Å². The first kappa shape index (κ1) is 16.2. The van der Waals surface area contributed by atoms with Crippen LogP contribution in [0, 0.1) is 11.7 Å². The molecule has 0 radical (unpaired) electrons. The number of hydrogen-bond acceptors (Lipinski definition) is 2. The van der Waals surface area contributed by atoms with Gasteiger partial charge in [0.25, 0.3) is 0 Å². The van der Waals surface area contributed by atoms with Crippen molar-refractivity contribution in [1.29, 1.82) is 0 Å².